The average Bonchev–Trinajstić information content (AvgIpc) is 3.54. The van der Waals surface area contributed by atoms with Crippen molar-refractivity contribution in [2.75, 3.05) is 15.1 Å². The molecule has 2 aliphatic rings. The van der Waals surface area contributed by atoms with Gasteiger partial charge < -0.3 is 9.73 Å². The molecule has 3 heterocycles. The van der Waals surface area contributed by atoms with E-state index in [1.807, 2.05) is 42.5 Å². The molecule has 1 saturated heterocycles. The predicted octanol–water partition coefficient (Wildman–Crippen LogP) is 8.74. The summed E-state index contributed by atoms with van der Waals surface area (Å²) in [5.41, 5.74) is 7.13. The largest absolute Gasteiger partial charge is 0.465 e. The van der Waals surface area contributed by atoms with E-state index >= 15 is 0 Å². The van der Waals surface area contributed by atoms with Gasteiger partial charge in [-0.3, -0.25) is 19.4 Å². The zero-order valence-electron chi connectivity index (χ0n) is 26.1. The van der Waals surface area contributed by atoms with E-state index in [1.54, 1.807) is 30.5 Å². The molecule has 6 nitrogen and oxygen atoms in total. The number of para-hydroxylation sites is 4. The minimum Gasteiger partial charge on any atom is -0.465 e. The number of rotatable bonds is 5. The zero-order chi connectivity index (χ0) is 32.2. The second kappa shape index (κ2) is 11.0. The topological polar surface area (TPSA) is 65.8 Å². The molecule has 1 aromatic heterocycles. The van der Waals surface area contributed by atoms with Crippen molar-refractivity contribution >= 4 is 58.0 Å². The quantitative estimate of drug-likeness (QED) is 0.121. The van der Waals surface area contributed by atoms with Crippen molar-refractivity contribution in [1.29, 1.82) is 0 Å². The number of nitrogens with one attached hydrogen (secondary N) is 1. The van der Waals surface area contributed by atoms with Crippen LogP contribution in [0.5, 0.6) is 0 Å². The Morgan fingerprint density at radius 3 is 1.96 bits per heavy atom. The zero-order valence-corrected chi connectivity index (χ0v) is 26.9. The average molecular weight is 624 g/mol. The summed E-state index contributed by atoms with van der Waals surface area (Å²) >= 11 is 5.73. The Kier molecular flexibility index (Phi) is 7.02. The van der Waals surface area contributed by atoms with Crippen LogP contribution < -0.4 is 15.1 Å². The monoisotopic (exact) mass is 623 g/mol. The second-order valence-corrected chi connectivity index (χ2v) is 13.0. The summed E-state index contributed by atoms with van der Waals surface area (Å²) in [7, 11) is 0. The lowest BCUT2D eigenvalue weighted by Gasteiger charge is -2.39. The van der Waals surface area contributed by atoms with Crippen LogP contribution in [0.2, 0.25) is 0 Å². The van der Waals surface area contributed by atoms with Gasteiger partial charge in [0.15, 0.2) is 5.11 Å². The van der Waals surface area contributed by atoms with Gasteiger partial charge in [-0.15, -0.1) is 0 Å². The highest BCUT2D eigenvalue weighted by Gasteiger charge is 2.42. The van der Waals surface area contributed by atoms with Gasteiger partial charge in [0.1, 0.15) is 11.3 Å². The van der Waals surface area contributed by atoms with Gasteiger partial charge in [0.05, 0.1) is 17.6 Å². The third-order valence-electron chi connectivity index (χ3n) is 9.18. The first-order valence-corrected chi connectivity index (χ1v) is 15.6. The van der Waals surface area contributed by atoms with E-state index in [9.17, 15) is 9.59 Å². The molecule has 4 aromatic carbocycles. The smallest absolute Gasteiger partial charge is 0.270 e. The fraction of sp³-hybridized carbons (Fsp3) is 0.154. The number of amides is 2. The third-order valence-corrected chi connectivity index (χ3v) is 9.54. The van der Waals surface area contributed by atoms with Gasteiger partial charge in [0.25, 0.3) is 11.8 Å². The van der Waals surface area contributed by atoms with Crippen LogP contribution in [0.15, 0.2) is 125 Å². The van der Waals surface area contributed by atoms with Crippen molar-refractivity contribution in [3.05, 3.63) is 149 Å². The summed E-state index contributed by atoms with van der Waals surface area (Å²) < 4.78 is 6.05. The van der Waals surface area contributed by atoms with Gasteiger partial charge in [-0.05, 0) is 71.4 Å². The van der Waals surface area contributed by atoms with Crippen molar-refractivity contribution in [2.24, 2.45) is 0 Å². The SMILES string of the molecule is CC(C)(c1coc(C=C2C(=O)N(c3ccccc3)C(=S)N(c3ccccc3)C2=O)c1)c1cccc2c1Nc1ccccc1C2(C)C. The molecule has 7 heteroatoms. The number of carbonyl (C=O) groups is 2. The molecular formula is C39H33N3O3S. The Labute approximate surface area is 274 Å². The number of furan rings is 1. The van der Waals surface area contributed by atoms with Crippen molar-refractivity contribution in [3.8, 4) is 0 Å². The van der Waals surface area contributed by atoms with Crippen LogP contribution in [0.25, 0.3) is 6.08 Å². The van der Waals surface area contributed by atoms with Gasteiger partial charge in [0, 0.05) is 27.8 Å². The maximum Gasteiger partial charge on any atom is 0.270 e. The van der Waals surface area contributed by atoms with Gasteiger partial charge in [-0.25, -0.2) is 0 Å². The van der Waals surface area contributed by atoms with Crippen molar-refractivity contribution in [2.45, 2.75) is 38.5 Å². The maximum absolute atomic E-state index is 13.9. The molecule has 5 aromatic rings. The Bertz CT molecular complexity index is 1980. The summed E-state index contributed by atoms with van der Waals surface area (Å²) in [5.74, 6) is -0.613. The van der Waals surface area contributed by atoms with Crippen LogP contribution in [0.3, 0.4) is 0 Å². The molecule has 0 unspecified atom stereocenters. The number of fused-ring (bicyclic) bond motifs is 2. The Morgan fingerprint density at radius 2 is 1.33 bits per heavy atom. The summed E-state index contributed by atoms with van der Waals surface area (Å²) in [6.07, 6.45) is 3.23. The molecule has 2 aliphatic heterocycles. The second-order valence-electron chi connectivity index (χ2n) is 12.7. The summed E-state index contributed by atoms with van der Waals surface area (Å²) in [4.78, 5) is 30.7. The van der Waals surface area contributed by atoms with E-state index in [0.717, 1.165) is 22.5 Å². The standard InChI is InChI=1S/C39H33N3O3S/c1-38(2,31-19-13-20-32-34(31)40-33-21-12-11-18-30(33)39(32,3)4)25-22-28(45-24-25)23-29-35(43)41(26-14-7-5-8-15-26)37(46)42(36(29)44)27-16-9-6-10-17-27/h5-24,40H,1-4H3. The minimum atomic E-state index is -0.507. The Morgan fingerprint density at radius 1 is 0.761 bits per heavy atom. The number of anilines is 4. The molecule has 0 saturated carbocycles. The van der Waals surface area contributed by atoms with Crippen LogP contribution in [0, 0.1) is 0 Å². The van der Waals surface area contributed by atoms with E-state index in [0.29, 0.717) is 17.1 Å². The van der Waals surface area contributed by atoms with Crippen LogP contribution >= 0.6 is 12.2 Å². The molecule has 46 heavy (non-hydrogen) atoms. The molecule has 228 valence electrons. The predicted molar refractivity (Wildman–Crippen MR) is 188 cm³/mol. The fourth-order valence-electron chi connectivity index (χ4n) is 6.54. The molecule has 7 rings (SSSR count). The van der Waals surface area contributed by atoms with E-state index in [2.05, 4.69) is 75.5 Å². The molecule has 0 bridgehead atoms. The lowest BCUT2D eigenvalue weighted by Crippen LogP contribution is -2.56. The highest BCUT2D eigenvalue weighted by Crippen LogP contribution is 2.49. The third kappa shape index (κ3) is 4.66. The van der Waals surface area contributed by atoms with Crippen molar-refractivity contribution < 1.29 is 14.0 Å². The highest BCUT2D eigenvalue weighted by molar-refractivity contribution is 7.81. The highest BCUT2D eigenvalue weighted by atomic mass is 32.1. The van der Waals surface area contributed by atoms with Crippen LogP contribution in [-0.4, -0.2) is 16.9 Å². The van der Waals surface area contributed by atoms with Gasteiger partial charge >= 0.3 is 0 Å². The molecule has 0 radical (unpaired) electrons. The number of hydrogen-bond acceptors (Lipinski definition) is 5. The maximum atomic E-state index is 13.9. The lowest BCUT2D eigenvalue weighted by atomic mass is 9.70. The molecule has 0 atom stereocenters. The van der Waals surface area contributed by atoms with Gasteiger partial charge in [-0.1, -0.05) is 100 Å². The number of hydrogen-bond donors (Lipinski definition) is 1. The van der Waals surface area contributed by atoms with Crippen molar-refractivity contribution in [3.63, 3.8) is 0 Å². The molecule has 0 aliphatic carbocycles. The lowest BCUT2D eigenvalue weighted by molar-refractivity contribution is -0.120. The Hall–Kier alpha value is -5.27. The van der Waals surface area contributed by atoms with Crippen LogP contribution in [-0.2, 0) is 20.4 Å². The summed E-state index contributed by atoms with van der Waals surface area (Å²) in [6.45, 7) is 8.82. The first kappa shape index (κ1) is 29.4. The van der Waals surface area contributed by atoms with Gasteiger partial charge in [-0.2, -0.15) is 0 Å². The fourth-order valence-corrected chi connectivity index (χ4v) is 6.92. The van der Waals surface area contributed by atoms with Gasteiger partial charge in [0.2, 0.25) is 0 Å². The first-order valence-electron chi connectivity index (χ1n) is 15.2. The van der Waals surface area contributed by atoms with E-state index < -0.39 is 17.2 Å². The van der Waals surface area contributed by atoms with Crippen molar-refractivity contribution in [1.82, 2.24) is 0 Å². The molecule has 1 N–H and O–H groups in total. The number of thiocarbonyl (C=S) groups is 1. The van der Waals surface area contributed by atoms with E-state index in [-0.39, 0.29) is 16.1 Å². The summed E-state index contributed by atoms with van der Waals surface area (Å²) in [5, 5.41) is 3.81. The minimum absolute atomic E-state index is 0.0443. The molecule has 0 spiro atoms. The van der Waals surface area contributed by atoms with Crippen LogP contribution in [0.4, 0.5) is 22.7 Å². The van der Waals surface area contributed by atoms with Crippen LogP contribution in [0.1, 0.15) is 55.7 Å². The first-order chi connectivity index (χ1) is 22.1. The molecular weight excluding hydrogens is 591 g/mol. The number of carbonyl (C=O) groups excluding carboxylic acids is 2. The van der Waals surface area contributed by atoms with E-state index in [4.69, 9.17) is 16.6 Å². The molecule has 2 amide bonds. The normalized spacial score (nSPS) is 15.7. The Balaban J connectivity index is 1.28. The number of benzene rings is 4. The summed E-state index contributed by atoms with van der Waals surface area (Å²) in [6, 6.07) is 35.0. The molecule has 1 fully saturated rings. The van der Waals surface area contributed by atoms with E-state index in [1.165, 1.54) is 27.0 Å². The number of nitrogens with zero attached hydrogens (tertiary/aromatic N) is 2.